The number of halogens is 4. The zero-order chi connectivity index (χ0) is 15.1. The second-order valence-corrected chi connectivity index (χ2v) is 4.90. The van der Waals surface area contributed by atoms with Crippen molar-refractivity contribution in [2.24, 2.45) is 0 Å². The van der Waals surface area contributed by atoms with E-state index in [2.05, 4.69) is 4.98 Å². The summed E-state index contributed by atoms with van der Waals surface area (Å²) in [6.07, 6.45) is 0.479. The maximum absolute atomic E-state index is 13.9. The fraction of sp³-hybridized carbons (Fsp3) is 0. The van der Waals surface area contributed by atoms with Crippen molar-refractivity contribution < 1.29 is 18.0 Å². The number of fused-ring (bicyclic) bond motifs is 1. The molecular weight excluding hydrogens is 303 g/mol. The molecule has 1 aromatic heterocycles. The van der Waals surface area contributed by atoms with Crippen molar-refractivity contribution >= 4 is 28.8 Å². The van der Waals surface area contributed by atoms with Crippen molar-refractivity contribution in [3.8, 4) is 11.3 Å². The van der Waals surface area contributed by atoms with Gasteiger partial charge in [0.1, 0.15) is 17.5 Å². The van der Waals surface area contributed by atoms with E-state index < -0.39 is 17.5 Å². The summed E-state index contributed by atoms with van der Waals surface area (Å²) in [6.45, 7) is 0. The van der Waals surface area contributed by atoms with Gasteiger partial charge in [0, 0.05) is 27.6 Å². The van der Waals surface area contributed by atoms with Gasteiger partial charge >= 0.3 is 0 Å². The number of benzene rings is 2. The minimum Gasteiger partial charge on any atom is -0.351 e. The van der Waals surface area contributed by atoms with E-state index in [9.17, 15) is 18.0 Å². The van der Waals surface area contributed by atoms with Gasteiger partial charge in [-0.05, 0) is 24.3 Å². The van der Waals surface area contributed by atoms with Gasteiger partial charge in [-0.3, -0.25) is 4.79 Å². The Labute approximate surface area is 122 Å². The Morgan fingerprint density at radius 1 is 1.05 bits per heavy atom. The summed E-state index contributed by atoms with van der Waals surface area (Å²) in [5.41, 5.74) is 0.168. The lowest BCUT2D eigenvalue weighted by atomic mass is 10.1. The third kappa shape index (κ3) is 2.19. The maximum Gasteiger partial charge on any atom is 0.152 e. The molecule has 21 heavy (non-hydrogen) atoms. The lowest BCUT2D eigenvalue weighted by molar-refractivity contribution is 0.112. The number of nitrogens with one attached hydrogen (secondary N) is 1. The van der Waals surface area contributed by atoms with Crippen LogP contribution in [0.1, 0.15) is 10.4 Å². The Morgan fingerprint density at radius 3 is 2.48 bits per heavy atom. The van der Waals surface area contributed by atoms with E-state index in [1.54, 1.807) is 0 Å². The summed E-state index contributed by atoms with van der Waals surface area (Å²) in [5, 5.41) is 0.363. The average Bonchev–Trinajstić information content (AvgIpc) is 2.77. The highest BCUT2D eigenvalue weighted by atomic mass is 35.5. The predicted octanol–water partition coefficient (Wildman–Crippen LogP) is 4.72. The number of hydrogen-bond donors (Lipinski definition) is 1. The number of carbonyl (C=O) groups excluding carboxylic acids is 1. The monoisotopic (exact) mass is 309 g/mol. The maximum atomic E-state index is 13.9. The van der Waals surface area contributed by atoms with Gasteiger partial charge in [0.25, 0.3) is 0 Å². The Kier molecular flexibility index (Phi) is 3.22. The lowest BCUT2D eigenvalue weighted by Gasteiger charge is -2.02. The van der Waals surface area contributed by atoms with Gasteiger partial charge < -0.3 is 4.98 Å². The molecule has 0 saturated heterocycles. The van der Waals surface area contributed by atoms with Gasteiger partial charge in [0.2, 0.25) is 0 Å². The summed E-state index contributed by atoms with van der Waals surface area (Å²) in [7, 11) is 0. The highest BCUT2D eigenvalue weighted by molar-refractivity contribution is 6.31. The Balaban J connectivity index is 2.37. The fourth-order valence-corrected chi connectivity index (χ4v) is 2.47. The zero-order valence-electron chi connectivity index (χ0n) is 10.4. The van der Waals surface area contributed by atoms with Crippen LogP contribution in [0.5, 0.6) is 0 Å². The molecule has 1 heterocycles. The largest absolute Gasteiger partial charge is 0.351 e. The van der Waals surface area contributed by atoms with E-state index in [4.69, 9.17) is 11.6 Å². The van der Waals surface area contributed by atoms with Crippen LogP contribution in [0.25, 0.3) is 22.2 Å². The quantitative estimate of drug-likeness (QED) is 0.683. The molecule has 3 aromatic rings. The van der Waals surface area contributed by atoms with Crippen molar-refractivity contribution in [1.82, 2.24) is 4.98 Å². The van der Waals surface area contributed by atoms with E-state index >= 15 is 0 Å². The number of H-pyrrole nitrogens is 1. The molecule has 0 aliphatic rings. The van der Waals surface area contributed by atoms with Crippen LogP contribution in [-0.2, 0) is 0 Å². The summed E-state index contributed by atoms with van der Waals surface area (Å²) in [5.74, 6) is -2.25. The van der Waals surface area contributed by atoms with E-state index in [0.717, 1.165) is 12.1 Å². The van der Waals surface area contributed by atoms with Crippen LogP contribution in [0.2, 0.25) is 5.02 Å². The van der Waals surface area contributed by atoms with Gasteiger partial charge in [-0.25, -0.2) is 13.2 Å². The van der Waals surface area contributed by atoms with E-state index in [1.165, 1.54) is 12.1 Å². The highest BCUT2D eigenvalue weighted by Gasteiger charge is 2.18. The first-order valence-electron chi connectivity index (χ1n) is 5.92. The molecule has 0 fully saturated rings. The molecule has 0 radical (unpaired) electrons. The van der Waals surface area contributed by atoms with Crippen LogP contribution in [0.3, 0.4) is 0 Å². The van der Waals surface area contributed by atoms with E-state index in [0.29, 0.717) is 12.4 Å². The minimum atomic E-state index is -0.851. The molecule has 0 spiro atoms. The number of aromatic amines is 1. The van der Waals surface area contributed by atoms with Gasteiger partial charge in [-0.15, -0.1) is 0 Å². The molecule has 1 N–H and O–H groups in total. The van der Waals surface area contributed by atoms with Crippen molar-refractivity contribution in [3.05, 3.63) is 58.4 Å². The first-order valence-corrected chi connectivity index (χ1v) is 6.30. The van der Waals surface area contributed by atoms with Crippen molar-refractivity contribution in [1.29, 1.82) is 0 Å². The predicted molar refractivity (Wildman–Crippen MR) is 74.0 cm³/mol. The third-order valence-electron chi connectivity index (χ3n) is 3.18. The number of aldehydes is 1. The summed E-state index contributed by atoms with van der Waals surface area (Å²) >= 11 is 5.77. The zero-order valence-corrected chi connectivity index (χ0v) is 11.1. The number of rotatable bonds is 2. The van der Waals surface area contributed by atoms with Gasteiger partial charge in [-0.2, -0.15) is 0 Å². The normalized spacial score (nSPS) is 11.0. The van der Waals surface area contributed by atoms with Gasteiger partial charge in [0.15, 0.2) is 6.29 Å². The molecular formula is C15H7ClF3NO. The third-order valence-corrected chi connectivity index (χ3v) is 3.40. The first-order chi connectivity index (χ1) is 10.0. The molecule has 0 atom stereocenters. The van der Waals surface area contributed by atoms with Crippen LogP contribution in [0, 0.1) is 17.5 Å². The van der Waals surface area contributed by atoms with Crippen molar-refractivity contribution in [3.63, 3.8) is 0 Å². The minimum absolute atomic E-state index is 0.0229. The molecule has 3 rings (SSSR count). The molecule has 6 heteroatoms. The molecule has 0 saturated carbocycles. The Bertz CT molecular complexity index is 873. The molecule has 2 nitrogen and oxygen atoms in total. The molecule has 0 bridgehead atoms. The standard InChI is InChI=1S/C15H7ClF3NO/c16-7-3-10-11(6-21)14(20-15(10)13(19)4-7)9-2-1-8(17)5-12(9)18/h1-6,20H. The highest BCUT2D eigenvalue weighted by Crippen LogP contribution is 2.33. The summed E-state index contributed by atoms with van der Waals surface area (Å²) in [4.78, 5) is 14.0. The van der Waals surface area contributed by atoms with Crippen molar-refractivity contribution in [2.75, 3.05) is 0 Å². The van der Waals surface area contributed by atoms with Gasteiger partial charge in [0.05, 0.1) is 11.2 Å². The summed E-state index contributed by atoms with van der Waals surface area (Å²) in [6, 6.07) is 5.42. The fourth-order valence-electron chi connectivity index (χ4n) is 2.27. The van der Waals surface area contributed by atoms with E-state index in [1.807, 2.05) is 0 Å². The van der Waals surface area contributed by atoms with Crippen LogP contribution >= 0.6 is 11.6 Å². The molecule has 0 amide bonds. The van der Waals surface area contributed by atoms with Crippen LogP contribution < -0.4 is 0 Å². The number of hydrogen-bond acceptors (Lipinski definition) is 1. The lowest BCUT2D eigenvalue weighted by Crippen LogP contribution is -1.90. The number of carbonyl (C=O) groups is 1. The van der Waals surface area contributed by atoms with Gasteiger partial charge in [-0.1, -0.05) is 11.6 Å². The Morgan fingerprint density at radius 2 is 1.81 bits per heavy atom. The van der Waals surface area contributed by atoms with E-state index in [-0.39, 0.29) is 32.7 Å². The molecule has 0 aliphatic carbocycles. The van der Waals surface area contributed by atoms with Crippen molar-refractivity contribution in [2.45, 2.75) is 0 Å². The number of aromatic nitrogens is 1. The second-order valence-electron chi connectivity index (χ2n) is 4.47. The Hall–Kier alpha value is -2.27. The SMILES string of the molecule is O=Cc1c(-c2ccc(F)cc2F)[nH]c2c(F)cc(Cl)cc12. The summed E-state index contributed by atoms with van der Waals surface area (Å²) < 4.78 is 40.7. The smallest absolute Gasteiger partial charge is 0.152 e. The first kappa shape index (κ1) is 13.7. The molecule has 0 aliphatic heterocycles. The second kappa shape index (κ2) is 4.93. The van der Waals surface area contributed by atoms with Crippen LogP contribution in [0.4, 0.5) is 13.2 Å². The van der Waals surface area contributed by atoms with Crippen LogP contribution in [0.15, 0.2) is 30.3 Å². The molecule has 106 valence electrons. The van der Waals surface area contributed by atoms with Crippen LogP contribution in [-0.4, -0.2) is 11.3 Å². The molecule has 2 aromatic carbocycles. The topological polar surface area (TPSA) is 32.9 Å². The molecule has 0 unspecified atom stereocenters. The average molecular weight is 310 g/mol.